The third-order valence-corrected chi connectivity index (χ3v) is 3.53. The predicted octanol–water partition coefficient (Wildman–Crippen LogP) is 2.67. The van der Waals surface area contributed by atoms with E-state index in [0.29, 0.717) is 0 Å². The van der Waals surface area contributed by atoms with Crippen LogP contribution in [0.5, 0.6) is 0 Å². The summed E-state index contributed by atoms with van der Waals surface area (Å²) in [6.45, 7) is 6.52. The Bertz CT molecular complexity index is 236. The summed E-state index contributed by atoms with van der Waals surface area (Å²) in [5, 5.41) is 9.11. The first-order valence-corrected chi connectivity index (χ1v) is 6.56. The summed E-state index contributed by atoms with van der Waals surface area (Å²) in [6, 6.07) is 0. The number of hydrogen-bond acceptors (Lipinski definition) is 3. The number of hydrogen-bond donors (Lipinski definition) is 1. The zero-order valence-corrected chi connectivity index (χ0v) is 11.0. The SMILES string of the molecule is CC[C@@H](C)[C@@H](OC1CCCCO1)[C@H](C)C(=O)O. The number of carboxylic acid groups (broad SMARTS) is 1. The van der Waals surface area contributed by atoms with E-state index in [2.05, 4.69) is 6.92 Å². The maximum atomic E-state index is 11.1. The fourth-order valence-electron chi connectivity index (χ4n) is 2.11. The highest BCUT2D eigenvalue weighted by Crippen LogP contribution is 2.25. The van der Waals surface area contributed by atoms with E-state index in [0.717, 1.165) is 32.3 Å². The van der Waals surface area contributed by atoms with Crippen LogP contribution in [0.2, 0.25) is 0 Å². The molecule has 0 aromatic rings. The molecule has 0 bridgehead atoms. The van der Waals surface area contributed by atoms with Crippen LogP contribution in [0.4, 0.5) is 0 Å². The van der Waals surface area contributed by atoms with Crippen LogP contribution in [0.1, 0.15) is 46.5 Å². The van der Waals surface area contributed by atoms with Gasteiger partial charge < -0.3 is 14.6 Å². The minimum Gasteiger partial charge on any atom is -0.481 e. The first-order chi connectivity index (χ1) is 8.06. The molecule has 17 heavy (non-hydrogen) atoms. The molecular weight excluding hydrogens is 220 g/mol. The van der Waals surface area contributed by atoms with Gasteiger partial charge in [-0.1, -0.05) is 20.3 Å². The molecule has 0 aromatic carbocycles. The Balaban J connectivity index is 2.58. The van der Waals surface area contributed by atoms with Crippen molar-refractivity contribution in [2.45, 2.75) is 58.8 Å². The molecule has 1 saturated heterocycles. The molecule has 1 aliphatic heterocycles. The lowest BCUT2D eigenvalue weighted by atomic mass is 9.91. The quantitative estimate of drug-likeness (QED) is 0.780. The number of aliphatic carboxylic acids is 1. The summed E-state index contributed by atoms with van der Waals surface area (Å²) in [4.78, 5) is 11.1. The predicted molar refractivity (Wildman–Crippen MR) is 64.7 cm³/mol. The molecule has 0 radical (unpaired) electrons. The molecule has 4 heteroatoms. The average molecular weight is 244 g/mol. The molecule has 0 amide bonds. The largest absolute Gasteiger partial charge is 0.481 e. The Labute approximate surface area is 103 Å². The highest BCUT2D eigenvalue weighted by molar-refractivity contribution is 5.70. The van der Waals surface area contributed by atoms with Crippen LogP contribution in [0.3, 0.4) is 0 Å². The zero-order chi connectivity index (χ0) is 12.8. The van der Waals surface area contributed by atoms with Crippen LogP contribution in [0.25, 0.3) is 0 Å². The van der Waals surface area contributed by atoms with E-state index in [1.807, 2.05) is 6.92 Å². The van der Waals surface area contributed by atoms with E-state index in [4.69, 9.17) is 14.6 Å². The molecule has 4 atom stereocenters. The number of ether oxygens (including phenoxy) is 2. The van der Waals surface area contributed by atoms with Crippen molar-refractivity contribution in [2.75, 3.05) is 6.61 Å². The first kappa shape index (κ1) is 14.5. The molecular formula is C13H24O4. The molecule has 0 spiro atoms. The molecule has 1 aliphatic rings. The smallest absolute Gasteiger partial charge is 0.308 e. The number of carboxylic acids is 1. The van der Waals surface area contributed by atoms with Gasteiger partial charge in [-0.25, -0.2) is 0 Å². The summed E-state index contributed by atoms with van der Waals surface area (Å²) < 4.78 is 11.4. The molecule has 0 aliphatic carbocycles. The van der Waals surface area contributed by atoms with Gasteiger partial charge in [0.2, 0.25) is 0 Å². The lowest BCUT2D eigenvalue weighted by molar-refractivity contribution is -0.210. The van der Waals surface area contributed by atoms with E-state index in [1.54, 1.807) is 6.92 Å². The molecule has 1 unspecified atom stereocenters. The second kappa shape index (κ2) is 6.97. The maximum Gasteiger partial charge on any atom is 0.308 e. The molecule has 1 N–H and O–H groups in total. The van der Waals surface area contributed by atoms with Crippen LogP contribution in [-0.2, 0) is 14.3 Å². The summed E-state index contributed by atoms with van der Waals surface area (Å²) in [5.41, 5.74) is 0. The molecule has 1 fully saturated rings. The van der Waals surface area contributed by atoms with Crippen molar-refractivity contribution in [2.24, 2.45) is 11.8 Å². The fourth-order valence-corrected chi connectivity index (χ4v) is 2.11. The van der Waals surface area contributed by atoms with E-state index in [1.165, 1.54) is 0 Å². The summed E-state index contributed by atoms with van der Waals surface area (Å²) >= 11 is 0. The number of rotatable bonds is 6. The van der Waals surface area contributed by atoms with Crippen LogP contribution in [0, 0.1) is 11.8 Å². The van der Waals surface area contributed by atoms with Crippen molar-refractivity contribution >= 4 is 5.97 Å². The molecule has 0 saturated carbocycles. The topological polar surface area (TPSA) is 55.8 Å². The average Bonchev–Trinajstić information content (AvgIpc) is 2.35. The van der Waals surface area contributed by atoms with Crippen molar-refractivity contribution in [1.29, 1.82) is 0 Å². The van der Waals surface area contributed by atoms with Crippen molar-refractivity contribution in [3.63, 3.8) is 0 Å². The second-order valence-corrected chi connectivity index (χ2v) is 4.91. The Morgan fingerprint density at radius 2 is 2.18 bits per heavy atom. The van der Waals surface area contributed by atoms with E-state index in [-0.39, 0.29) is 18.3 Å². The van der Waals surface area contributed by atoms with Gasteiger partial charge in [0.05, 0.1) is 12.0 Å². The van der Waals surface area contributed by atoms with Gasteiger partial charge in [0.25, 0.3) is 0 Å². The fraction of sp³-hybridized carbons (Fsp3) is 0.923. The van der Waals surface area contributed by atoms with Crippen LogP contribution >= 0.6 is 0 Å². The Hall–Kier alpha value is -0.610. The standard InChI is InChI=1S/C13H24O4/c1-4-9(2)12(10(3)13(14)15)17-11-7-5-6-8-16-11/h9-12H,4-8H2,1-3H3,(H,14,15)/t9-,10+,11?,12-/m1/s1. The van der Waals surface area contributed by atoms with Crippen LogP contribution in [-0.4, -0.2) is 30.1 Å². The van der Waals surface area contributed by atoms with E-state index < -0.39 is 11.9 Å². The number of carbonyl (C=O) groups is 1. The van der Waals surface area contributed by atoms with Gasteiger partial charge in [-0.2, -0.15) is 0 Å². The van der Waals surface area contributed by atoms with Gasteiger partial charge >= 0.3 is 5.97 Å². The minimum absolute atomic E-state index is 0.218. The maximum absolute atomic E-state index is 11.1. The minimum atomic E-state index is -0.800. The summed E-state index contributed by atoms with van der Waals surface area (Å²) in [7, 11) is 0. The molecule has 1 heterocycles. The van der Waals surface area contributed by atoms with Gasteiger partial charge in [0.15, 0.2) is 6.29 Å². The zero-order valence-electron chi connectivity index (χ0n) is 11.0. The normalized spacial score (nSPS) is 26.2. The van der Waals surface area contributed by atoms with Crippen molar-refractivity contribution in [1.82, 2.24) is 0 Å². The molecule has 0 aromatic heterocycles. The summed E-state index contributed by atoms with van der Waals surface area (Å²) in [6.07, 6.45) is 3.47. The lowest BCUT2D eigenvalue weighted by Crippen LogP contribution is -2.38. The van der Waals surface area contributed by atoms with Crippen molar-refractivity contribution < 1.29 is 19.4 Å². The summed E-state index contributed by atoms with van der Waals surface area (Å²) in [5.74, 6) is -1.06. The van der Waals surface area contributed by atoms with Gasteiger partial charge in [-0.3, -0.25) is 4.79 Å². The van der Waals surface area contributed by atoms with Crippen LogP contribution in [0.15, 0.2) is 0 Å². The van der Waals surface area contributed by atoms with Crippen LogP contribution < -0.4 is 0 Å². The van der Waals surface area contributed by atoms with Crippen molar-refractivity contribution in [3.05, 3.63) is 0 Å². The highest BCUT2D eigenvalue weighted by atomic mass is 16.7. The third-order valence-electron chi connectivity index (χ3n) is 3.53. The Morgan fingerprint density at radius 3 is 2.65 bits per heavy atom. The molecule has 100 valence electrons. The van der Waals surface area contributed by atoms with Gasteiger partial charge in [-0.15, -0.1) is 0 Å². The van der Waals surface area contributed by atoms with Gasteiger partial charge in [0.1, 0.15) is 0 Å². The Morgan fingerprint density at radius 1 is 1.47 bits per heavy atom. The monoisotopic (exact) mass is 244 g/mol. The van der Waals surface area contributed by atoms with Gasteiger partial charge in [-0.05, 0) is 32.1 Å². The van der Waals surface area contributed by atoms with E-state index in [9.17, 15) is 4.79 Å². The molecule has 1 rings (SSSR count). The van der Waals surface area contributed by atoms with E-state index >= 15 is 0 Å². The first-order valence-electron chi connectivity index (χ1n) is 6.56. The highest BCUT2D eigenvalue weighted by Gasteiger charge is 2.31. The van der Waals surface area contributed by atoms with Crippen molar-refractivity contribution in [3.8, 4) is 0 Å². The van der Waals surface area contributed by atoms with Gasteiger partial charge in [0, 0.05) is 6.61 Å². The lowest BCUT2D eigenvalue weighted by Gasteiger charge is -2.32. The molecule has 4 nitrogen and oxygen atoms in total. The third kappa shape index (κ3) is 4.28. The Kier molecular flexibility index (Phi) is 5.92. The second-order valence-electron chi connectivity index (χ2n) is 4.91.